The lowest BCUT2D eigenvalue weighted by Crippen LogP contribution is -2.00. The molecule has 0 atom stereocenters. The predicted molar refractivity (Wildman–Crippen MR) is 91.2 cm³/mol. The van der Waals surface area contributed by atoms with Gasteiger partial charge in [-0.2, -0.15) is 0 Å². The molecule has 1 heterocycles. The van der Waals surface area contributed by atoms with Crippen molar-refractivity contribution in [3.05, 3.63) is 29.6 Å². The predicted octanol–water partition coefficient (Wildman–Crippen LogP) is 3.85. The Bertz CT molecular complexity index is 639. The highest BCUT2D eigenvalue weighted by Gasteiger charge is 2.17. The third-order valence-electron chi connectivity index (χ3n) is 4.31. The molecular weight excluding hydrogens is 310 g/mol. The zero-order valence-electron chi connectivity index (χ0n) is 13.7. The highest BCUT2D eigenvalue weighted by molar-refractivity contribution is 7.98. The Morgan fingerprint density at radius 3 is 2.78 bits per heavy atom. The first kappa shape index (κ1) is 16.2. The monoisotopic (exact) mass is 333 g/mol. The number of H-pyrrole nitrogens is 1. The van der Waals surface area contributed by atoms with E-state index in [2.05, 4.69) is 15.2 Å². The van der Waals surface area contributed by atoms with E-state index in [0.29, 0.717) is 0 Å². The summed E-state index contributed by atoms with van der Waals surface area (Å²) in [6.45, 7) is 0. The standard InChI is InChI=1S/C17H23N3O2S/c1-21-14-7-8-15(22-2)13(10-14)11-23-17-18-16(19-20-17)9-12-5-3-4-6-12/h7-8,10,12H,3-6,9,11H2,1-2H3,(H,18,19,20). The normalized spacial score (nSPS) is 15.0. The molecule has 0 saturated heterocycles. The lowest BCUT2D eigenvalue weighted by Gasteiger charge is -2.09. The quantitative estimate of drug-likeness (QED) is 0.780. The SMILES string of the molecule is COc1ccc(OC)c(CSc2n[nH]c(CC3CCCC3)n2)c1. The summed E-state index contributed by atoms with van der Waals surface area (Å²) in [5.41, 5.74) is 1.08. The summed E-state index contributed by atoms with van der Waals surface area (Å²) in [5, 5.41) is 8.20. The Morgan fingerprint density at radius 1 is 1.22 bits per heavy atom. The van der Waals surface area contributed by atoms with E-state index in [-0.39, 0.29) is 0 Å². The number of hydrogen-bond acceptors (Lipinski definition) is 5. The van der Waals surface area contributed by atoms with Gasteiger partial charge in [0.05, 0.1) is 14.2 Å². The van der Waals surface area contributed by atoms with E-state index in [1.165, 1.54) is 25.7 Å². The fourth-order valence-electron chi connectivity index (χ4n) is 3.06. The molecule has 1 fully saturated rings. The number of rotatable bonds is 7. The van der Waals surface area contributed by atoms with Crippen molar-refractivity contribution in [3.63, 3.8) is 0 Å². The number of thioether (sulfide) groups is 1. The number of methoxy groups -OCH3 is 2. The van der Waals surface area contributed by atoms with Crippen molar-refractivity contribution in [2.75, 3.05) is 14.2 Å². The van der Waals surface area contributed by atoms with Gasteiger partial charge in [0.25, 0.3) is 0 Å². The second-order valence-electron chi connectivity index (χ2n) is 5.89. The molecule has 0 spiro atoms. The van der Waals surface area contributed by atoms with E-state index in [1.54, 1.807) is 26.0 Å². The molecular formula is C17H23N3O2S. The Labute approximate surface area is 141 Å². The molecule has 5 nitrogen and oxygen atoms in total. The highest BCUT2D eigenvalue weighted by Crippen LogP contribution is 2.30. The van der Waals surface area contributed by atoms with Gasteiger partial charge in [0.1, 0.15) is 17.3 Å². The highest BCUT2D eigenvalue weighted by atomic mass is 32.2. The van der Waals surface area contributed by atoms with Gasteiger partial charge in [0.2, 0.25) is 5.16 Å². The second-order valence-corrected chi connectivity index (χ2v) is 6.83. The van der Waals surface area contributed by atoms with Crippen LogP contribution in [-0.4, -0.2) is 29.4 Å². The second kappa shape index (κ2) is 7.73. The van der Waals surface area contributed by atoms with Crippen LogP contribution < -0.4 is 9.47 Å². The van der Waals surface area contributed by atoms with E-state index in [4.69, 9.17) is 9.47 Å². The number of nitrogens with zero attached hydrogens (tertiary/aromatic N) is 2. The van der Waals surface area contributed by atoms with Crippen LogP contribution >= 0.6 is 11.8 Å². The molecule has 1 aliphatic carbocycles. The summed E-state index contributed by atoms with van der Waals surface area (Å²) in [5.74, 6) is 4.23. The van der Waals surface area contributed by atoms with Crippen LogP contribution in [0, 0.1) is 5.92 Å². The molecule has 1 aromatic carbocycles. The summed E-state index contributed by atoms with van der Waals surface area (Å²) in [4.78, 5) is 4.61. The first-order valence-corrected chi connectivity index (χ1v) is 9.02. The molecule has 2 aromatic rings. The lowest BCUT2D eigenvalue weighted by atomic mass is 10.0. The van der Waals surface area contributed by atoms with Gasteiger partial charge in [0, 0.05) is 17.7 Å². The first-order chi connectivity index (χ1) is 11.3. The van der Waals surface area contributed by atoms with Gasteiger partial charge < -0.3 is 9.47 Å². The fraction of sp³-hybridized carbons (Fsp3) is 0.529. The van der Waals surface area contributed by atoms with Crippen LogP contribution in [-0.2, 0) is 12.2 Å². The Balaban J connectivity index is 1.60. The number of nitrogens with one attached hydrogen (secondary N) is 1. The van der Waals surface area contributed by atoms with Gasteiger partial charge in [-0.25, -0.2) is 4.98 Å². The maximum Gasteiger partial charge on any atom is 0.208 e. The summed E-state index contributed by atoms with van der Waals surface area (Å²) in [6.07, 6.45) is 6.39. The van der Waals surface area contributed by atoms with Crippen molar-refractivity contribution in [1.82, 2.24) is 15.2 Å². The zero-order valence-corrected chi connectivity index (χ0v) is 14.5. The van der Waals surface area contributed by atoms with Crippen LogP contribution in [0.5, 0.6) is 11.5 Å². The van der Waals surface area contributed by atoms with Gasteiger partial charge in [-0.15, -0.1) is 5.10 Å². The van der Waals surface area contributed by atoms with Crippen LogP contribution in [0.15, 0.2) is 23.4 Å². The van der Waals surface area contributed by atoms with Gasteiger partial charge in [-0.1, -0.05) is 37.4 Å². The van der Waals surface area contributed by atoms with Crippen LogP contribution in [0.3, 0.4) is 0 Å². The van der Waals surface area contributed by atoms with E-state index in [0.717, 1.165) is 46.1 Å². The zero-order chi connectivity index (χ0) is 16.1. The van der Waals surface area contributed by atoms with E-state index < -0.39 is 0 Å². The molecule has 0 amide bonds. The molecule has 0 aliphatic heterocycles. The van der Waals surface area contributed by atoms with Gasteiger partial charge >= 0.3 is 0 Å². The van der Waals surface area contributed by atoms with Gasteiger partial charge in [-0.3, -0.25) is 5.10 Å². The first-order valence-electron chi connectivity index (χ1n) is 8.03. The Morgan fingerprint density at radius 2 is 2.04 bits per heavy atom. The van der Waals surface area contributed by atoms with Crippen LogP contribution in [0.25, 0.3) is 0 Å². The smallest absolute Gasteiger partial charge is 0.208 e. The Hall–Kier alpha value is -1.69. The topological polar surface area (TPSA) is 60.0 Å². The minimum Gasteiger partial charge on any atom is -0.497 e. The van der Waals surface area contributed by atoms with Gasteiger partial charge in [0.15, 0.2) is 0 Å². The molecule has 23 heavy (non-hydrogen) atoms. The van der Waals surface area contributed by atoms with Crippen LogP contribution in [0.4, 0.5) is 0 Å². The lowest BCUT2D eigenvalue weighted by molar-refractivity contribution is 0.400. The summed E-state index contributed by atoms with van der Waals surface area (Å²) < 4.78 is 10.7. The molecule has 0 bridgehead atoms. The average Bonchev–Trinajstić information content (AvgIpc) is 3.25. The third kappa shape index (κ3) is 4.19. The largest absolute Gasteiger partial charge is 0.497 e. The number of aromatic amines is 1. The number of hydrogen-bond donors (Lipinski definition) is 1. The van der Waals surface area contributed by atoms with E-state index >= 15 is 0 Å². The van der Waals surface area contributed by atoms with Crippen molar-refractivity contribution in [1.29, 1.82) is 0 Å². The number of benzene rings is 1. The molecule has 124 valence electrons. The molecule has 6 heteroatoms. The summed E-state index contributed by atoms with van der Waals surface area (Å²) >= 11 is 1.61. The average molecular weight is 333 g/mol. The molecule has 1 N–H and O–H groups in total. The van der Waals surface area contributed by atoms with Crippen molar-refractivity contribution in [2.45, 2.75) is 43.0 Å². The van der Waals surface area contributed by atoms with Crippen molar-refractivity contribution >= 4 is 11.8 Å². The minimum absolute atomic E-state index is 0.751. The van der Waals surface area contributed by atoms with Crippen LogP contribution in [0.1, 0.15) is 37.1 Å². The Kier molecular flexibility index (Phi) is 5.43. The van der Waals surface area contributed by atoms with Crippen LogP contribution in [0.2, 0.25) is 0 Å². The summed E-state index contributed by atoms with van der Waals surface area (Å²) in [6, 6.07) is 5.83. The van der Waals surface area contributed by atoms with Crippen molar-refractivity contribution in [3.8, 4) is 11.5 Å². The molecule has 3 rings (SSSR count). The van der Waals surface area contributed by atoms with Gasteiger partial charge in [-0.05, 0) is 24.1 Å². The molecule has 1 aromatic heterocycles. The molecule has 0 radical (unpaired) electrons. The maximum atomic E-state index is 5.41. The fourth-order valence-corrected chi connectivity index (χ4v) is 3.85. The molecule has 1 aliphatic rings. The minimum atomic E-state index is 0.751. The number of ether oxygens (including phenoxy) is 2. The van der Waals surface area contributed by atoms with Crippen molar-refractivity contribution < 1.29 is 9.47 Å². The number of aromatic nitrogens is 3. The molecule has 1 saturated carbocycles. The van der Waals surface area contributed by atoms with E-state index in [9.17, 15) is 0 Å². The molecule has 0 unspecified atom stereocenters. The third-order valence-corrected chi connectivity index (χ3v) is 5.21. The van der Waals surface area contributed by atoms with E-state index in [1.807, 2.05) is 18.2 Å². The van der Waals surface area contributed by atoms with Crippen molar-refractivity contribution in [2.24, 2.45) is 5.92 Å². The maximum absolute atomic E-state index is 5.41. The summed E-state index contributed by atoms with van der Waals surface area (Å²) in [7, 11) is 3.35.